The second kappa shape index (κ2) is 4.40. The molecule has 0 aliphatic heterocycles. The van der Waals surface area contributed by atoms with Crippen molar-refractivity contribution in [2.45, 2.75) is 26.4 Å². The molecule has 0 amide bonds. The smallest absolute Gasteiger partial charge is 0.0907 e. The van der Waals surface area contributed by atoms with E-state index in [1.54, 1.807) is 11.3 Å². The van der Waals surface area contributed by atoms with Gasteiger partial charge in [0.15, 0.2) is 0 Å². The van der Waals surface area contributed by atoms with Gasteiger partial charge in [0.2, 0.25) is 0 Å². The molecule has 0 saturated heterocycles. The van der Waals surface area contributed by atoms with Crippen LogP contribution in [-0.2, 0) is 0 Å². The first-order valence-corrected chi connectivity index (χ1v) is 5.74. The van der Waals surface area contributed by atoms with Crippen LogP contribution >= 0.6 is 27.3 Å². The number of hydrogen-bond donors (Lipinski definition) is 1. The van der Waals surface area contributed by atoms with E-state index in [2.05, 4.69) is 29.8 Å². The van der Waals surface area contributed by atoms with Crippen molar-refractivity contribution >= 4 is 27.3 Å². The minimum Gasteiger partial charge on any atom is -0.387 e. The molecule has 0 aliphatic rings. The van der Waals surface area contributed by atoms with Crippen LogP contribution in [0.3, 0.4) is 0 Å². The van der Waals surface area contributed by atoms with Crippen molar-refractivity contribution < 1.29 is 5.11 Å². The van der Waals surface area contributed by atoms with E-state index in [0.717, 1.165) is 15.8 Å². The summed E-state index contributed by atoms with van der Waals surface area (Å²) in [5.74, 6) is 0.343. The Labute approximate surface area is 85.6 Å². The largest absolute Gasteiger partial charge is 0.387 e. The molecule has 12 heavy (non-hydrogen) atoms. The highest BCUT2D eigenvalue weighted by Crippen LogP contribution is 2.30. The van der Waals surface area contributed by atoms with Crippen LogP contribution in [0.4, 0.5) is 0 Å². The van der Waals surface area contributed by atoms with Crippen LogP contribution in [0.2, 0.25) is 0 Å². The average Bonchev–Trinajstić information content (AvgIpc) is 2.49. The number of halogens is 1. The first-order valence-electron chi connectivity index (χ1n) is 4.07. The molecule has 1 heterocycles. The van der Waals surface area contributed by atoms with Crippen LogP contribution in [0.1, 0.15) is 31.2 Å². The Kier molecular flexibility index (Phi) is 3.75. The van der Waals surface area contributed by atoms with Crippen LogP contribution in [0.25, 0.3) is 0 Å². The summed E-state index contributed by atoms with van der Waals surface area (Å²) in [6, 6.07) is 1.99. The molecular weight excluding hydrogens is 236 g/mol. The van der Waals surface area contributed by atoms with Gasteiger partial charge in [-0.15, -0.1) is 11.3 Å². The number of aliphatic hydroxyl groups excluding tert-OH is 1. The van der Waals surface area contributed by atoms with Crippen molar-refractivity contribution in [3.63, 3.8) is 0 Å². The lowest BCUT2D eigenvalue weighted by atomic mass is 10.0. The average molecular weight is 249 g/mol. The van der Waals surface area contributed by atoms with Crippen LogP contribution < -0.4 is 0 Å². The Balaban J connectivity index is 2.70. The minimum absolute atomic E-state index is 0.300. The zero-order valence-corrected chi connectivity index (χ0v) is 9.65. The molecule has 68 valence electrons. The second-order valence-electron chi connectivity index (χ2n) is 3.00. The van der Waals surface area contributed by atoms with E-state index in [4.69, 9.17) is 0 Å². The molecule has 1 aromatic rings. The van der Waals surface area contributed by atoms with E-state index in [1.807, 2.05) is 11.4 Å². The molecule has 0 spiro atoms. The third-order valence-electron chi connectivity index (χ3n) is 2.06. The third-order valence-corrected chi connectivity index (χ3v) is 3.83. The van der Waals surface area contributed by atoms with Gasteiger partial charge in [-0.2, -0.15) is 0 Å². The molecule has 3 heteroatoms. The fourth-order valence-corrected chi connectivity index (χ4v) is 2.55. The maximum atomic E-state index is 9.79. The van der Waals surface area contributed by atoms with Gasteiger partial charge < -0.3 is 5.11 Å². The van der Waals surface area contributed by atoms with Gasteiger partial charge in [0, 0.05) is 14.7 Å². The number of thiophene rings is 1. The van der Waals surface area contributed by atoms with Gasteiger partial charge in [0.25, 0.3) is 0 Å². The lowest BCUT2D eigenvalue weighted by molar-refractivity contribution is 0.119. The van der Waals surface area contributed by atoms with E-state index in [-0.39, 0.29) is 6.10 Å². The molecular formula is C9H13BrOS. The van der Waals surface area contributed by atoms with E-state index >= 15 is 0 Å². The zero-order chi connectivity index (χ0) is 9.14. The van der Waals surface area contributed by atoms with Crippen molar-refractivity contribution in [2.75, 3.05) is 0 Å². The quantitative estimate of drug-likeness (QED) is 0.867. The lowest BCUT2D eigenvalue weighted by Gasteiger charge is -2.14. The first-order chi connectivity index (χ1) is 5.65. The molecule has 2 atom stereocenters. The van der Waals surface area contributed by atoms with Crippen molar-refractivity contribution in [2.24, 2.45) is 5.92 Å². The highest BCUT2D eigenvalue weighted by molar-refractivity contribution is 9.10. The monoisotopic (exact) mass is 248 g/mol. The molecule has 1 aromatic heterocycles. The van der Waals surface area contributed by atoms with Gasteiger partial charge in [-0.05, 0) is 27.9 Å². The lowest BCUT2D eigenvalue weighted by Crippen LogP contribution is -2.05. The van der Waals surface area contributed by atoms with Crippen LogP contribution in [0.5, 0.6) is 0 Å². The Hall–Kier alpha value is 0.140. The van der Waals surface area contributed by atoms with Gasteiger partial charge in [-0.3, -0.25) is 0 Å². The van der Waals surface area contributed by atoms with Gasteiger partial charge in [-0.1, -0.05) is 20.3 Å². The van der Waals surface area contributed by atoms with E-state index in [1.165, 1.54) is 0 Å². The summed E-state index contributed by atoms with van der Waals surface area (Å²) in [6.45, 7) is 4.16. The second-order valence-corrected chi connectivity index (χ2v) is 4.86. The zero-order valence-electron chi connectivity index (χ0n) is 7.25. The summed E-state index contributed by atoms with van der Waals surface area (Å²) in [5, 5.41) is 11.8. The summed E-state index contributed by atoms with van der Waals surface area (Å²) in [4.78, 5) is 1.05. The van der Waals surface area contributed by atoms with Crippen molar-refractivity contribution in [3.8, 4) is 0 Å². The summed E-state index contributed by atoms with van der Waals surface area (Å²) in [7, 11) is 0. The van der Waals surface area contributed by atoms with Crippen molar-refractivity contribution in [1.82, 2.24) is 0 Å². The third kappa shape index (κ3) is 2.31. The number of rotatable bonds is 3. The van der Waals surface area contributed by atoms with Gasteiger partial charge in [0.05, 0.1) is 6.10 Å². The summed E-state index contributed by atoms with van der Waals surface area (Å²) < 4.78 is 1.06. The van der Waals surface area contributed by atoms with Gasteiger partial charge in [-0.25, -0.2) is 0 Å². The van der Waals surface area contributed by atoms with Crippen LogP contribution in [-0.4, -0.2) is 5.11 Å². The molecule has 1 N–H and O–H groups in total. The Morgan fingerprint density at radius 2 is 2.33 bits per heavy atom. The minimum atomic E-state index is -0.300. The molecule has 1 nitrogen and oxygen atoms in total. The molecule has 1 rings (SSSR count). The predicted molar refractivity (Wildman–Crippen MR) is 56.4 cm³/mol. The molecule has 0 saturated carbocycles. The Morgan fingerprint density at radius 1 is 1.67 bits per heavy atom. The fourth-order valence-electron chi connectivity index (χ4n) is 0.987. The SMILES string of the molecule is CCC(C)C(O)c1cc(Br)cs1. The molecule has 2 unspecified atom stereocenters. The number of hydrogen-bond acceptors (Lipinski definition) is 2. The topological polar surface area (TPSA) is 20.2 Å². The normalized spacial score (nSPS) is 16.0. The van der Waals surface area contributed by atoms with Crippen molar-refractivity contribution in [3.05, 3.63) is 20.8 Å². The summed E-state index contributed by atoms with van der Waals surface area (Å²) >= 11 is 4.98. The van der Waals surface area contributed by atoms with Crippen molar-refractivity contribution in [1.29, 1.82) is 0 Å². The van der Waals surface area contributed by atoms with E-state index in [9.17, 15) is 5.11 Å². The highest BCUT2D eigenvalue weighted by Gasteiger charge is 2.15. The molecule has 0 bridgehead atoms. The Morgan fingerprint density at radius 3 is 2.75 bits per heavy atom. The van der Waals surface area contributed by atoms with Gasteiger partial charge in [0.1, 0.15) is 0 Å². The first kappa shape index (κ1) is 10.2. The molecule has 0 fully saturated rings. The standard InChI is InChI=1S/C9H13BrOS/c1-3-6(2)9(11)8-4-7(10)5-12-8/h4-6,9,11H,3H2,1-2H3. The molecule has 0 aromatic carbocycles. The van der Waals surface area contributed by atoms with Crippen LogP contribution in [0.15, 0.2) is 15.9 Å². The predicted octanol–water partition coefficient (Wildman–Crippen LogP) is 3.59. The van der Waals surface area contributed by atoms with E-state index < -0.39 is 0 Å². The van der Waals surface area contributed by atoms with Gasteiger partial charge >= 0.3 is 0 Å². The summed E-state index contributed by atoms with van der Waals surface area (Å²) in [5.41, 5.74) is 0. The fraction of sp³-hybridized carbons (Fsp3) is 0.556. The maximum Gasteiger partial charge on any atom is 0.0907 e. The number of aliphatic hydroxyl groups is 1. The maximum absolute atomic E-state index is 9.79. The van der Waals surface area contributed by atoms with Crippen LogP contribution in [0, 0.1) is 5.92 Å². The Bertz CT molecular complexity index is 246. The van der Waals surface area contributed by atoms with E-state index in [0.29, 0.717) is 5.92 Å². The molecule has 0 radical (unpaired) electrons. The summed E-state index contributed by atoms with van der Waals surface area (Å²) in [6.07, 6.45) is 0.711. The molecule has 0 aliphatic carbocycles. The highest BCUT2D eigenvalue weighted by atomic mass is 79.9.